The molecule has 0 bridgehead atoms. The number of nitrogens with zero attached hydrogens (tertiary/aromatic N) is 1. The van der Waals surface area contributed by atoms with E-state index < -0.39 is 5.24 Å². The molecule has 0 aliphatic heterocycles. The Bertz CT molecular complexity index is 495. The van der Waals surface area contributed by atoms with Gasteiger partial charge in [0, 0.05) is 5.33 Å². The van der Waals surface area contributed by atoms with Gasteiger partial charge < -0.3 is 4.42 Å². The fraction of sp³-hybridized carbons (Fsp3) is 0.111. The molecule has 1 heterocycles. The van der Waals surface area contributed by atoms with Gasteiger partial charge >= 0.3 is 5.24 Å². The minimum absolute atomic E-state index is 0.0601. The summed E-state index contributed by atoms with van der Waals surface area (Å²) in [6.07, 6.45) is 0. The molecule has 3 nitrogen and oxygen atoms in total. The van der Waals surface area contributed by atoms with Crippen molar-refractivity contribution in [2.75, 3.05) is 0 Å². The molecule has 0 aliphatic carbocycles. The van der Waals surface area contributed by atoms with Crippen LogP contribution in [-0.4, -0.2) is 10.2 Å². The topological polar surface area (TPSA) is 43.1 Å². The van der Waals surface area contributed by atoms with E-state index in [0.717, 1.165) is 5.56 Å². The number of hydrogen-bond donors (Lipinski definition) is 0. The molecule has 0 saturated carbocycles. The molecule has 0 atom stereocenters. The van der Waals surface area contributed by atoms with Crippen molar-refractivity contribution in [2.45, 2.75) is 5.33 Å². The van der Waals surface area contributed by atoms with Gasteiger partial charge in [-0.3, -0.25) is 4.79 Å². The maximum absolute atomic E-state index is 10.8. The minimum Gasteiger partial charge on any atom is -0.433 e. The fourth-order valence-electron chi connectivity index (χ4n) is 1.20. The van der Waals surface area contributed by atoms with Crippen LogP contribution in [0.1, 0.15) is 16.2 Å². The summed E-state index contributed by atoms with van der Waals surface area (Å²) in [7, 11) is 0. The van der Waals surface area contributed by atoms with Crippen LogP contribution in [0.25, 0.3) is 11.1 Å². The van der Waals surface area contributed by atoms with Crippen molar-refractivity contribution in [2.24, 2.45) is 0 Å². The molecule has 0 aliphatic rings. The van der Waals surface area contributed by atoms with Gasteiger partial charge in [-0.1, -0.05) is 28.1 Å². The van der Waals surface area contributed by atoms with E-state index in [9.17, 15) is 4.79 Å². The van der Waals surface area contributed by atoms with E-state index >= 15 is 0 Å². The second-order valence-corrected chi connectivity index (χ2v) is 3.59. The van der Waals surface area contributed by atoms with Gasteiger partial charge in [0.25, 0.3) is 5.89 Å². The third-order valence-corrected chi connectivity index (χ3v) is 2.58. The number of rotatable bonds is 2. The van der Waals surface area contributed by atoms with Gasteiger partial charge in [-0.2, -0.15) is 0 Å². The Balaban J connectivity index is 2.70. The third-order valence-electron chi connectivity index (χ3n) is 1.81. The predicted octanol–water partition coefficient (Wildman–Crippen LogP) is 3.10. The lowest BCUT2D eigenvalue weighted by Crippen LogP contribution is -1.87. The first kappa shape index (κ1) is 9.68. The molecule has 72 valence electrons. The van der Waals surface area contributed by atoms with Crippen LogP contribution in [0.15, 0.2) is 22.6 Å². The zero-order valence-corrected chi connectivity index (χ0v) is 9.30. The summed E-state index contributed by atoms with van der Waals surface area (Å²) in [5.41, 5.74) is 2.22. The number of aromatic nitrogens is 1. The number of halogens is 2. The monoisotopic (exact) mass is 273 g/mol. The molecule has 1 aromatic carbocycles. The number of oxazole rings is 1. The summed E-state index contributed by atoms with van der Waals surface area (Å²) in [5.74, 6) is -0.0601. The second-order valence-electron chi connectivity index (χ2n) is 2.69. The molecular weight excluding hydrogens is 269 g/mol. The smallest absolute Gasteiger partial charge is 0.307 e. The first-order valence-corrected chi connectivity index (χ1v) is 5.36. The molecule has 0 N–H and O–H groups in total. The summed E-state index contributed by atoms with van der Waals surface area (Å²) in [6.45, 7) is 0. The van der Waals surface area contributed by atoms with Crippen molar-refractivity contribution in [3.63, 3.8) is 0 Å². The highest BCUT2D eigenvalue weighted by molar-refractivity contribution is 9.08. The van der Waals surface area contributed by atoms with Gasteiger partial charge in [0.15, 0.2) is 5.58 Å². The van der Waals surface area contributed by atoms with Crippen molar-refractivity contribution < 1.29 is 9.21 Å². The number of hydrogen-bond acceptors (Lipinski definition) is 3. The van der Waals surface area contributed by atoms with E-state index in [1.807, 2.05) is 12.1 Å². The summed E-state index contributed by atoms with van der Waals surface area (Å²) in [6, 6.07) is 5.49. The number of para-hydroxylation sites is 1. The Hall–Kier alpha value is -0.870. The van der Waals surface area contributed by atoms with E-state index in [4.69, 9.17) is 16.0 Å². The zero-order chi connectivity index (χ0) is 10.1. The van der Waals surface area contributed by atoms with Crippen LogP contribution in [0.4, 0.5) is 0 Å². The van der Waals surface area contributed by atoms with Crippen molar-refractivity contribution in [1.29, 1.82) is 0 Å². The highest BCUT2D eigenvalue weighted by Crippen LogP contribution is 2.21. The Morgan fingerprint density at radius 3 is 3.00 bits per heavy atom. The molecule has 0 fully saturated rings. The van der Waals surface area contributed by atoms with Crippen LogP contribution < -0.4 is 0 Å². The molecule has 5 heteroatoms. The van der Waals surface area contributed by atoms with Gasteiger partial charge in [-0.25, -0.2) is 4.98 Å². The number of alkyl halides is 1. The molecular formula is C9H5BrClNO2. The first-order valence-electron chi connectivity index (χ1n) is 3.86. The van der Waals surface area contributed by atoms with Gasteiger partial charge in [0.05, 0.1) is 0 Å². The van der Waals surface area contributed by atoms with Crippen molar-refractivity contribution in [3.8, 4) is 0 Å². The summed E-state index contributed by atoms with van der Waals surface area (Å²) < 4.78 is 5.16. The largest absolute Gasteiger partial charge is 0.433 e. The van der Waals surface area contributed by atoms with Crippen LogP contribution in [0, 0.1) is 0 Å². The van der Waals surface area contributed by atoms with Gasteiger partial charge in [-0.05, 0) is 23.2 Å². The van der Waals surface area contributed by atoms with E-state index in [-0.39, 0.29) is 5.89 Å². The number of carbonyl (C=O) groups excluding carboxylic acids is 1. The second kappa shape index (κ2) is 3.71. The average Bonchev–Trinajstić information content (AvgIpc) is 2.60. The quantitative estimate of drug-likeness (QED) is 0.624. The zero-order valence-electron chi connectivity index (χ0n) is 6.96. The van der Waals surface area contributed by atoms with E-state index in [2.05, 4.69) is 20.9 Å². The summed E-state index contributed by atoms with van der Waals surface area (Å²) in [5, 5.41) is -0.0194. The van der Waals surface area contributed by atoms with Gasteiger partial charge in [0.2, 0.25) is 0 Å². The molecule has 14 heavy (non-hydrogen) atoms. The maximum Gasteiger partial charge on any atom is 0.307 e. The Kier molecular flexibility index (Phi) is 2.56. The van der Waals surface area contributed by atoms with Gasteiger partial charge in [0.1, 0.15) is 5.52 Å². The number of fused-ring (bicyclic) bond motifs is 1. The predicted molar refractivity (Wildman–Crippen MR) is 56.8 cm³/mol. The molecule has 0 unspecified atom stereocenters. The maximum atomic E-state index is 10.8. The van der Waals surface area contributed by atoms with Gasteiger partial charge in [-0.15, -0.1) is 0 Å². The highest BCUT2D eigenvalue weighted by Gasteiger charge is 2.13. The molecule has 2 aromatic rings. The molecule has 0 amide bonds. The Morgan fingerprint density at radius 1 is 1.57 bits per heavy atom. The van der Waals surface area contributed by atoms with Crippen LogP contribution in [-0.2, 0) is 5.33 Å². The lowest BCUT2D eigenvalue weighted by molar-refractivity contribution is 0.105. The molecule has 1 aromatic heterocycles. The standard InChI is InChI=1S/C9H5BrClNO2/c10-4-5-2-1-3-6-7(5)12-9(14-6)8(11)13/h1-3H,4H2. The highest BCUT2D eigenvalue weighted by atomic mass is 79.9. The Morgan fingerprint density at radius 2 is 2.36 bits per heavy atom. The Labute approximate surface area is 93.2 Å². The lowest BCUT2D eigenvalue weighted by Gasteiger charge is -1.92. The van der Waals surface area contributed by atoms with E-state index in [1.54, 1.807) is 6.07 Å². The number of carbonyl (C=O) groups is 1. The van der Waals surface area contributed by atoms with Crippen LogP contribution >= 0.6 is 27.5 Å². The lowest BCUT2D eigenvalue weighted by atomic mass is 10.2. The third kappa shape index (κ3) is 1.55. The first-order chi connectivity index (χ1) is 6.72. The summed E-state index contributed by atoms with van der Waals surface area (Å²) >= 11 is 8.59. The van der Waals surface area contributed by atoms with E-state index in [0.29, 0.717) is 16.4 Å². The minimum atomic E-state index is -0.679. The van der Waals surface area contributed by atoms with Crippen LogP contribution in [0.2, 0.25) is 0 Å². The van der Waals surface area contributed by atoms with Crippen molar-refractivity contribution in [1.82, 2.24) is 4.98 Å². The van der Waals surface area contributed by atoms with E-state index in [1.165, 1.54) is 0 Å². The number of benzene rings is 1. The molecule has 0 saturated heterocycles. The van der Waals surface area contributed by atoms with Crippen LogP contribution in [0.3, 0.4) is 0 Å². The van der Waals surface area contributed by atoms with Crippen LogP contribution in [0.5, 0.6) is 0 Å². The van der Waals surface area contributed by atoms with Crippen molar-refractivity contribution in [3.05, 3.63) is 29.7 Å². The molecule has 0 spiro atoms. The normalized spacial score (nSPS) is 10.7. The van der Waals surface area contributed by atoms with Crippen molar-refractivity contribution >= 4 is 43.9 Å². The molecule has 0 radical (unpaired) electrons. The fourth-order valence-corrected chi connectivity index (χ4v) is 1.73. The summed E-state index contributed by atoms with van der Waals surface area (Å²) in [4.78, 5) is 14.8. The SMILES string of the molecule is O=C(Cl)c1nc2c(CBr)cccc2o1. The average molecular weight is 275 g/mol. The molecule has 2 rings (SSSR count).